The minimum Gasteiger partial charge on any atom is -0.507 e. The number of hydrogen-bond donors (Lipinski definition) is 11. The first-order chi connectivity index (χ1) is 24.7. The third-order valence-corrected chi connectivity index (χ3v) is 9.53. The average molecular weight is 741 g/mol. The van der Waals surface area contributed by atoms with E-state index < -0.39 is 129 Å². The third-order valence-electron chi connectivity index (χ3n) is 9.53. The summed E-state index contributed by atoms with van der Waals surface area (Å²) in [5.74, 6) is -2.02. The molecule has 0 radical (unpaired) electrons. The number of carbonyl (C=O) groups is 2. The molecule has 3 saturated heterocycles. The normalized spacial score (nSPS) is 39.2. The second-order valence-electron chi connectivity index (χ2n) is 13.0. The molecule has 0 spiro atoms. The number of aromatic hydroxyl groups is 1. The van der Waals surface area contributed by atoms with Crippen molar-refractivity contribution in [2.75, 3.05) is 19.8 Å². The molecule has 6 rings (SSSR count). The number of aliphatic hydroxyl groups is 10. The lowest BCUT2D eigenvalue weighted by atomic mass is 9.82. The van der Waals surface area contributed by atoms with Gasteiger partial charge in [0.15, 0.2) is 18.4 Å². The highest BCUT2D eigenvalue weighted by Gasteiger charge is 2.52. The van der Waals surface area contributed by atoms with E-state index in [-0.39, 0.29) is 28.0 Å². The van der Waals surface area contributed by atoms with Crippen LogP contribution >= 0.6 is 0 Å². The van der Waals surface area contributed by atoms with E-state index in [1.54, 1.807) is 6.92 Å². The van der Waals surface area contributed by atoms with Gasteiger partial charge in [0.05, 0.1) is 30.9 Å². The fourth-order valence-electron chi connectivity index (χ4n) is 6.65. The van der Waals surface area contributed by atoms with Gasteiger partial charge in [-0.25, -0.2) is 0 Å². The highest BCUT2D eigenvalue weighted by atomic mass is 16.7. The molecular formula is C33H40O19. The van der Waals surface area contributed by atoms with Gasteiger partial charge in [-0.3, -0.25) is 9.59 Å². The summed E-state index contributed by atoms with van der Waals surface area (Å²) in [6, 6.07) is 6.85. The Morgan fingerprint density at radius 2 is 1.23 bits per heavy atom. The van der Waals surface area contributed by atoms with Crippen LogP contribution in [0.5, 0.6) is 11.5 Å². The number of rotatable bonds is 9. The van der Waals surface area contributed by atoms with Crippen LogP contribution in [0.25, 0.3) is 0 Å². The number of aliphatic hydroxyl groups excluding tert-OH is 10. The van der Waals surface area contributed by atoms with Crippen molar-refractivity contribution in [2.24, 2.45) is 0 Å². The molecule has 0 amide bonds. The molecule has 52 heavy (non-hydrogen) atoms. The molecule has 15 atom stereocenters. The smallest absolute Gasteiger partial charge is 0.229 e. The molecule has 0 saturated carbocycles. The largest absolute Gasteiger partial charge is 0.507 e. The molecule has 19 heteroatoms. The number of carbonyl (C=O) groups excluding carboxylic acids is 2. The van der Waals surface area contributed by atoms with Gasteiger partial charge in [0.25, 0.3) is 0 Å². The van der Waals surface area contributed by atoms with Crippen LogP contribution in [0.15, 0.2) is 30.3 Å². The summed E-state index contributed by atoms with van der Waals surface area (Å²) in [6.45, 7) is -0.729. The maximum absolute atomic E-state index is 13.6. The molecule has 3 aliphatic heterocycles. The second kappa shape index (κ2) is 15.3. The quantitative estimate of drug-likeness (QED) is 0.0982. The van der Waals surface area contributed by atoms with Crippen molar-refractivity contribution in [1.82, 2.24) is 0 Å². The van der Waals surface area contributed by atoms with Gasteiger partial charge in [-0.15, -0.1) is 0 Å². The average Bonchev–Trinajstić information content (AvgIpc) is 3.12. The fraction of sp³-hybridized carbons (Fsp3) is 0.576. The van der Waals surface area contributed by atoms with Crippen molar-refractivity contribution < 1.29 is 94.2 Å². The van der Waals surface area contributed by atoms with Crippen molar-refractivity contribution in [2.45, 2.75) is 99.0 Å². The van der Waals surface area contributed by atoms with E-state index in [1.807, 2.05) is 0 Å². The first kappa shape index (κ1) is 38.5. The Bertz CT molecular complexity index is 1630. The Morgan fingerprint density at radius 3 is 1.90 bits per heavy atom. The summed E-state index contributed by atoms with van der Waals surface area (Å²) in [7, 11) is 0. The summed E-state index contributed by atoms with van der Waals surface area (Å²) in [6.07, 6.45) is -26.3. The SMILES string of the molecule is Cc1cc(O[C@@H]2O[C@H](CO[C@@H]3O[C@H](CO)[C@@H](O)[C@H](O[C@@H]4O[C@H](CO)[C@@H](O)[C@H](O)[C@H]4O)[C@H]3O)[C@@H](O)[C@H](O)[C@H]2O)c2c(c1)C(=O)c1cccc(O)c1C2=O. The highest BCUT2D eigenvalue weighted by molar-refractivity contribution is 6.30. The Morgan fingerprint density at radius 1 is 0.635 bits per heavy atom. The number of ketones is 2. The zero-order valence-corrected chi connectivity index (χ0v) is 27.4. The minimum absolute atomic E-state index is 0.0253. The van der Waals surface area contributed by atoms with Crippen LogP contribution in [0, 0.1) is 6.92 Å². The van der Waals surface area contributed by atoms with E-state index in [1.165, 1.54) is 30.3 Å². The van der Waals surface area contributed by atoms with E-state index in [2.05, 4.69) is 0 Å². The zero-order chi connectivity index (χ0) is 37.8. The van der Waals surface area contributed by atoms with Crippen LogP contribution in [0.1, 0.15) is 37.4 Å². The zero-order valence-electron chi connectivity index (χ0n) is 27.4. The summed E-state index contributed by atoms with van der Waals surface area (Å²) in [4.78, 5) is 26.9. The van der Waals surface area contributed by atoms with Gasteiger partial charge >= 0.3 is 0 Å². The van der Waals surface area contributed by atoms with Gasteiger partial charge < -0.3 is 84.6 Å². The van der Waals surface area contributed by atoms with Crippen LogP contribution in [-0.4, -0.2) is 180 Å². The molecule has 19 nitrogen and oxygen atoms in total. The number of phenolic OH excluding ortho intramolecular Hbond substituents is 1. The van der Waals surface area contributed by atoms with Crippen LogP contribution in [0.2, 0.25) is 0 Å². The van der Waals surface area contributed by atoms with Crippen molar-refractivity contribution in [1.29, 1.82) is 0 Å². The molecule has 0 aromatic heterocycles. The molecule has 4 aliphatic rings. The predicted octanol–water partition coefficient (Wildman–Crippen LogP) is -4.70. The van der Waals surface area contributed by atoms with Crippen molar-refractivity contribution in [3.8, 4) is 11.5 Å². The number of aryl methyl sites for hydroxylation is 1. The Hall–Kier alpha value is -3.22. The highest BCUT2D eigenvalue weighted by Crippen LogP contribution is 2.39. The van der Waals surface area contributed by atoms with Gasteiger partial charge in [-0.1, -0.05) is 12.1 Å². The van der Waals surface area contributed by atoms with E-state index >= 15 is 0 Å². The van der Waals surface area contributed by atoms with Gasteiger partial charge in [-0.2, -0.15) is 0 Å². The molecule has 2 aromatic rings. The molecule has 0 unspecified atom stereocenters. The standard InChI is InChI=1S/C33H40O19/c1-10-5-12-19(24(41)18-11(20(12)37)3-2-4-13(18)36)14(6-10)48-32-27(44)26(43)22(39)17(51-32)9-47-31-29(46)30(23(40)16(8-35)49-31)52-33-28(45)25(42)21(38)15(7-34)50-33/h2-6,15-17,21-23,25-36,38-40,42-46H,7-9H2,1H3/t15-,16-,17-,21-,22-,23-,25+,26+,27-,28-,29-,30+,31-,32-,33+/m1/s1. The van der Waals surface area contributed by atoms with Gasteiger partial charge in [0.1, 0.15) is 84.7 Å². The monoisotopic (exact) mass is 740 g/mol. The van der Waals surface area contributed by atoms with Crippen molar-refractivity contribution in [3.63, 3.8) is 0 Å². The number of hydrogen-bond acceptors (Lipinski definition) is 19. The number of phenols is 1. The van der Waals surface area contributed by atoms with Gasteiger partial charge in [0, 0.05) is 11.1 Å². The van der Waals surface area contributed by atoms with Gasteiger partial charge in [0.2, 0.25) is 12.1 Å². The number of ether oxygens (including phenoxy) is 6. The van der Waals surface area contributed by atoms with Crippen LogP contribution < -0.4 is 4.74 Å². The summed E-state index contributed by atoms with van der Waals surface area (Å²) in [5, 5.41) is 114. The molecule has 3 heterocycles. The Kier molecular flexibility index (Phi) is 11.3. The van der Waals surface area contributed by atoms with Crippen molar-refractivity contribution in [3.05, 3.63) is 58.1 Å². The van der Waals surface area contributed by atoms with E-state index in [9.17, 15) is 65.8 Å². The molecule has 0 bridgehead atoms. The van der Waals surface area contributed by atoms with Crippen LogP contribution in [0.4, 0.5) is 0 Å². The molecular weight excluding hydrogens is 700 g/mol. The van der Waals surface area contributed by atoms with E-state index in [4.69, 9.17) is 28.4 Å². The fourth-order valence-corrected chi connectivity index (χ4v) is 6.65. The lowest BCUT2D eigenvalue weighted by Crippen LogP contribution is -2.65. The number of benzene rings is 2. The van der Waals surface area contributed by atoms with E-state index in [0.717, 1.165) is 0 Å². The molecule has 11 N–H and O–H groups in total. The summed E-state index contributed by atoms with van der Waals surface area (Å²) < 4.78 is 33.5. The van der Waals surface area contributed by atoms with Crippen molar-refractivity contribution >= 4 is 11.6 Å². The lowest BCUT2D eigenvalue weighted by molar-refractivity contribution is -0.364. The Balaban J connectivity index is 1.19. The molecule has 1 aliphatic carbocycles. The van der Waals surface area contributed by atoms with E-state index in [0.29, 0.717) is 5.56 Å². The second-order valence-corrected chi connectivity index (χ2v) is 13.0. The third kappa shape index (κ3) is 6.83. The van der Waals surface area contributed by atoms with Crippen LogP contribution in [0.3, 0.4) is 0 Å². The molecule has 286 valence electrons. The van der Waals surface area contributed by atoms with Gasteiger partial charge in [-0.05, 0) is 30.7 Å². The minimum atomic E-state index is -1.93. The van der Waals surface area contributed by atoms with Crippen LogP contribution in [-0.2, 0) is 23.7 Å². The topological polar surface area (TPSA) is 312 Å². The maximum Gasteiger partial charge on any atom is 0.229 e. The molecule has 2 aromatic carbocycles. The summed E-state index contributed by atoms with van der Waals surface area (Å²) in [5.41, 5.74) is -0.108. The number of fused-ring (bicyclic) bond motifs is 2. The molecule has 3 fully saturated rings. The summed E-state index contributed by atoms with van der Waals surface area (Å²) >= 11 is 0. The first-order valence-corrected chi connectivity index (χ1v) is 16.3. The lowest BCUT2D eigenvalue weighted by Gasteiger charge is -2.46. The Labute approximate surface area is 294 Å². The predicted molar refractivity (Wildman–Crippen MR) is 166 cm³/mol. The maximum atomic E-state index is 13.6. The first-order valence-electron chi connectivity index (χ1n) is 16.3.